The predicted molar refractivity (Wildman–Crippen MR) is 137 cm³/mol. The molecule has 0 spiro atoms. The molecule has 34 heavy (non-hydrogen) atoms. The van der Waals surface area contributed by atoms with E-state index in [1.807, 2.05) is 36.0 Å². The summed E-state index contributed by atoms with van der Waals surface area (Å²) in [5.74, 6) is 4.51. The van der Waals surface area contributed by atoms with Crippen molar-refractivity contribution in [3.63, 3.8) is 0 Å². The first-order chi connectivity index (χ1) is 16.7. The minimum atomic E-state index is -0.0976. The fourth-order valence-corrected chi connectivity index (χ4v) is 5.67. The van der Waals surface area contributed by atoms with Gasteiger partial charge < -0.3 is 24.8 Å². The van der Waals surface area contributed by atoms with E-state index < -0.39 is 0 Å². The molecule has 0 unspecified atom stereocenters. The Bertz CT molecular complexity index is 1150. The molecule has 0 amide bonds. The Morgan fingerprint density at radius 3 is 2.79 bits per heavy atom. The molecule has 3 aromatic rings. The van der Waals surface area contributed by atoms with E-state index in [-0.39, 0.29) is 12.6 Å². The average molecular weight is 482 g/mol. The van der Waals surface area contributed by atoms with Crippen LogP contribution in [0.3, 0.4) is 0 Å². The number of morpholine rings is 1. The smallest absolute Gasteiger partial charge is 0.226 e. The first-order valence-electron chi connectivity index (χ1n) is 11.8. The lowest BCUT2D eigenvalue weighted by molar-refractivity contribution is 0.0987. The van der Waals surface area contributed by atoms with E-state index in [4.69, 9.17) is 24.4 Å². The minimum Gasteiger partial charge on any atom is -0.496 e. The van der Waals surface area contributed by atoms with Crippen LogP contribution in [-0.2, 0) is 11.3 Å². The Hall–Kier alpha value is -2.62. The Balaban J connectivity index is 1.57. The fourth-order valence-electron chi connectivity index (χ4n) is 4.57. The zero-order valence-electron chi connectivity index (χ0n) is 19.7. The zero-order chi connectivity index (χ0) is 23.5. The maximum absolute atomic E-state index is 9.74. The largest absolute Gasteiger partial charge is 0.496 e. The quantitative estimate of drug-likeness (QED) is 0.546. The molecule has 2 fully saturated rings. The molecule has 2 N–H and O–H groups in total. The van der Waals surface area contributed by atoms with Crippen LogP contribution in [0.1, 0.15) is 25.3 Å². The number of aliphatic hydroxyl groups is 1. The van der Waals surface area contributed by atoms with E-state index in [1.54, 1.807) is 7.11 Å². The molecule has 0 aliphatic carbocycles. The van der Waals surface area contributed by atoms with Crippen LogP contribution in [0.15, 0.2) is 30.3 Å². The van der Waals surface area contributed by atoms with Gasteiger partial charge in [-0.05, 0) is 61.6 Å². The van der Waals surface area contributed by atoms with Crippen molar-refractivity contribution in [3.05, 3.63) is 35.9 Å². The van der Waals surface area contributed by atoms with Gasteiger partial charge in [-0.2, -0.15) is 21.7 Å². The van der Waals surface area contributed by atoms with Crippen molar-refractivity contribution in [1.82, 2.24) is 15.0 Å². The summed E-state index contributed by atoms with van der Waals surface area (Å²) in [6.07, 6.45) is 2.22. The van der Waals surface area contributed by atoms with Crippen molar-refractivity contribution in [3.8, 4) is 17.0 Å². The number of nitrogens with one attached hydrogen (secondary N) is 1. The Morgan fingerprint density at radius 2 is 2.03 bits per heavy atom. The fraction of sp³-hybridized carbons (Fsp3) is 0.480. The average Bonchev–Trinajstić information content (AvgIpc) is 2.88. The summed E-state index contributed by atoms with van der Waals surface area (Å²) < 4.78 is 11.0. The third-order valence-electron chi connectivity index (χ3n) is 6.48. The maximum Gasteiger partial charge on any atom is 0.226 e. The molecule has 9 heteroatoms. The summed E-state index contributed by atoms with van der Waals surface area (Å²) in [5.41, 5.74) is 3.09. The third-order valence-corrected chi connectivity index (χ3v) is 7.53. The van der Waals surface area contributed by atoms with E-state index in [0.717, 1.165) is 58.9 Å². The Morgan fingerprint density at radius 1 is 1.18 bits per heavy atom. The van der Waals surface area contributed by atoms with Gasteiger partial charge in [0.2, 0.25) is 5.95 Å². The Kier molecular flexibility index (Phi) is 7.03. The van der Waals surface area contributed by atoms with Crippen LogP contribution < -0.4 is 15.0 Å². The van der Waals surface area contributed by atoms with Gasteiger partial charge in [0.15, 0.2) is 5.65 Å². The molecule has 0 bridgehead atoms. The molecule has 2 saturated heterocycles. The molecular formula is C25H31N5O3S. The number of aromatic nitrogens is 3. The number of fused-ring (bicyclic) bond motifs is 1. The second-order valence-electron chi connectivity index (χ2n) is 8.77. The van der Waals surface area contributed by atoms with Crippen LogP contribution in [0.4, 0.5) is 11.8 Å². The summed E-state index contributed by atoms with van der Waals surface area (Å²) >= 11 is 2.00. The molecule has 0 radical (unpaired) electrons. The van der Waals surface area contributed by atoms with Gasteiger partial charge in [-0.25, -0.2) is 4.98 Å². The van der Waals surface area contributed by atoms with Crippen molar-refractivity contribution in [2.24, 2.45) is 0 Å². The van der Waals surface area contributed by atoms with Crippen LogP contribution in [0, 0.1) is 0 Å². The zero-order valence-corrected chi connectivity index (χ0v) is 20.5. The molecule has 2 aromatic heterocycles. The number of ether oxygens (including phenoxy) is 2. The highest BCUT2D eigenvalue weighted by Crippen LogP contribution is 2.32. The lowest BCUT2D eigenvalue weighted by Gasteiger charge is -2.35. The monoisotopic (exact) mass is 481 g/mol. The number of benzene rings is 1. The maximum atomic E-state index is 9.74. The summed E-state index contributed by atoms with van der Waals surface area (Å²) in [5, 5.41) is 14.2. The third kappa shape index (κ3) is 4.78. The Labute approximate surface area is 204 Å². The highest BCUT2D eigenvalue weighted by atomic mass is 32.2. The van der Waals surface area contributed by atoms with Gasteiger partial charge in [-0.15, -0.1) is 0 Å². The molecule has 0 saturated carbocycles. The van der Waals surface area contributed by atoms with Crippen LogP contribution in [0.25, 0.3) is 22.3 Å². The van der Waals surface area contributed by atoms with Gasteiger partial charge in [0.1, 0.15) is 11.6 Å². The molecule has 4 heterocycles. The summed E-state index contributed by atoms with van der Waals surface area (Å²) in [7, 11) is 1.60. The van der Waals surface area contributed by atoms with Gasteiger partial charge in [0.25, 0.3) is 0 Å². The number of pyridine rings is 1. The number of rotatable bonds is 6. The number of nitrogens with zero attached hydrogens (tertiary/aromatic N) is 4. The molecule has 180 valence electrons. The van der Waals surface area contributed by atoms with Crippen molar-refractivity contribution in [2.45, 2.75) is 38.5 Å². The molecule has 5 rings (SSSR count). The number of hydrogen-bond donors (Lipinski definition) is 2. The van der Waals surface area contributed by atoms with Gasteiger partial charge in [-0.1, -0.05) is 0 Å². The topological polar surface area (TPSA) is 92.6 Å². The first kappa shape index (κ1) is 23.1. The van der Waals surface area contributed by atoms with Gasteiger partial charge >= 0.3 is 0 Å². The van der Waals surface area contributed by atoms with Crippen molar-refractivity contribution < 1.29 is 14.6 Å². The van der Waals surface area contributed by atoms with Crippen molar-refractivity contribution >= 4 is 34.6 Å². The first-order valence-corrected chi connectivity index (χ1v) is 13.0. The van der Waals surface area contributed by atoms with E-state index in [9.17, 15) is 5.11 Å². The van der Waals surface area contributed by atoms with E-state index in [1.165, 1.54) is 0 Å². The van der Waals surface area contributed by atoms with Gasteiger partial charge in [0, 0.05) is 23.7 Å². The molecule has 1 aromatic carbocycles. The highest BCUT2D eigenvalue weighted by molar-refractivity contribution is 7.99. The minimum absolute atomic E-state index is 0.0976. The van der Waals surface area contributed by atoms with Crippen molar-refractivity contribution in [2.75, 3.05) is 48.6 Å². The molecule has 1 atom stereocenters. The second kappa shape index (κ2) is 10.3. The number of aliphatic hydroxyl groups excluding tert-OH is 1. The summed E-state index contributed by atoms with van der Waals surface area (Å²) in [4.78, 5) is 17.0. The van der Waals surface area contributed by atoms with Crippen LogP contribution in [0.2, 0.25) is 0 Å². The van der Waals surface area contributed by atoms with Crippen LogP contribution in [-0.4, -0.2) is 70.5 Å². The van der Waals surface area contributed by atoms with E-state index in [2.05, 4.69) is 23.2 Å². The van der Waals surface area contributed by atoms with Crippen LogP contribution in [0.5, 0.6) is 5.75 Å². The van der Waals surface area contributed by atoms with Gasteiger partial charge in [0.05, 0.1) is 44.1 Å². The van der Waals surface area contributed by atoms with E-state index >= 15 is 0 Å². The normalized spacial score (nSPS) is 19.4. The van der Waals surface area contributed by atoms with Crippen molar-refractivity contribution in [1.29, 1.82) is 0 Å². The SMILES string of the molecule is COc1ccc(-c2ccc3c(N4CCOC[C@@H]4C)nc(NC4CCSCC4)nc3n2)cc1CO. The lowest BCUT2D eigenvalue weighted by Crippen LogP contribution is -2.44. The molecule has 2 aliphatic heterocycles. The number of methoxy groups -OCH3 is 1. The lowest BCUT2D eigenvalue weighted by atomic mass is 10.1. The number of thioether (sulfide) groups is 1. The number of hydrogen-bond acceptors (Lipinski definition) is 9. The molecule has 8 nitrogen and oxygen atoms in total. The summed E-state index contributed by atoms with van der Waals surface area (Å²) in [6, 6.07) is 10.4. The number of anilines is 2. The molecule has 2 aliphatic rings. The summed E-state index contributed by atoms with van der Waals surface area (Å²) in [6.45, 7) is 4.20. The standard InChI is InChI=1S/C25H31N5O3S/c1-16-15-33-10-9-30(16)24-20-4-5-21(17-3-6-22(32-2)18(13-17)14-31)27-23(20)28-25(29-24)26-19-7-11-34-12-8-19/h3-6,13,16,19,31H,7-12,14-15H2,1-2H3,(H,26,27,28,29)/t16-/m0/s1. The van der Waals surface area contributed by atoms with Gasteiger partial charge in [-0.3, -0.25) is 0 Å². The van der Waals surface area contributed by atoms with E-state index in [0.29, 0.717) is 36.6 Å². The highest BCUT2D eigenvalue weighted by Gasteiger charge is 2.25. The second-order valence-corrected chi connectivity index (χ2v) is 10.00. The molecular weight excluding hydrogens is 450 g/mol. The van der Waals surface area contributed by atoms with Crippen LogP contribution >= 0.6 is 11.8 Å². The predicted octanol–water partition coefficient (Wildman–Crippen LogP) is 3.73.